The fourth-order valence-electron chi connectivity index (χ4n) is 6.27. The highest BCUT2D eigenvalue weighted by Crippen LogP contribution is 2.39. The third-order valence-corrected chi connectivity index (χ3v) is 12.5. The maximum absolute atomic E-state index is 2.54. The van der Waals surface area contributed by atoms with Gasteiger partial charge in [0.15, 0.2) is 8.07 Å². The molecule has 0 saturated heterocycles. The Labute approximate surface area is 201 Å². The highest BCUT2D eigenvalue weighted by Gasteiger charge is 2.50. The van der Waals surface area contributed by atoms with Crippen molar-refractivity contribution in [3.8, 4) is 11.1 Å². The molecule has 34 heavy (non-hydrogen) atoms. The maximum atomic E-state index is 2.48. The van der Waals surface area contributed by atoms with Crippen LogP contribution in [0.1, 0.15) is 5.56 Å². The van der Waals surface area contributed by atoms with Gasteiger partial charge < -0.3 is 0 Å². The van der Waals surface area contributed by atoms with E-state index in [-0.39, 0.29) is 0 Å². The summed E-state index contributed by atoms with van der Waals surface area (Å²) >= 11 is 0. The second-order valence-corrected chi connectivity index (χ2v) is 13.1. The second kappa shape index (κ2) is 7.28. The van der Waals surface area contributed by atoms with E-state index < -0.39 is 8.07 Å². The molecule has 0 aliphatic carbocycles. The molecule has 0 radical (unpaired) electrons. The molecular formula is C33H24Si. The standard InChI is InChI=1S/C33H24Si/c1-23-20-21-30-31(22-23)34(24-12-4-2-5-13-24,25-14-6-3-7-15-25)33-29-19-11-9-17-27(29)26-16-8-10-18-28(26)32(30)33/h2-22H,1H3. The molecule has 0 atom stereocenters. The van der Waals surface area contributed by atoms with Gasteiger partial charge in [-0.25, -0.2) is 0 Å². The van der Waals surface area contributed by atoms with Gasteiger partial charge in [-0.1, -0.05) is 133 Å². The van der Waals surface area contributed by atoms with Gasteiger partial charge in [0, 0.05) is 0 Å². The molecule has 0 bridgehead atoms. The molecule has 1 aliphatic rings. The Morgan fingerprint density at radius 2 is 0.971 bits per heavy atom. The van der Waals surface area contributed by atoms with Crippen LogP contribution in [-0.4, -0.2) is 8.07 Å². The van der Waals surface area contributed by atoms with Crippen molar-refractivity contribution in [1.29, 1.82) is 0 Å². The minimum atomic E-state index is -2.54. The van der Waals surface area contributed by atoms with E-state index in [0.717, 1.165) is 0 Å². The fraction of sp³-hybridized carbons (Fsp3) is 0.0303. The quantitative estimate of drug-likeness (QED) is 0.236. The number of fused-ring (bicyclic) bond motifs is 8. The lowest BCUT2D eigenvalue weighted by atomic mass is 9.93. The maximum Gasteiger partial charge on any atom is 0.181 e. The molecule has 0 fully saturated rings. The summed E-state index contributed by atoms with van der Waals surface area (Å²) in [4.78, 5) is 0. The van der Waals surface area contributed by atoms with E-state index >= 15 is 0 Å². The Morgan fingerprint density at radius 1 is 0.471 bits per heavy atom. The zero-order valence-electron chi connectivity index (χ0n) is 19.1. The highest BCUT2D eigenvalue weighted by molar-refractivity contribution is 7.23. The van der Waals surface area contributed by atoms with Crippen LogP contribution in [0.4, 0.5) is 0 Å². The first kappa shape index (κ1) is 19.5. The van der Waals surface area contributed by atoms with E-state index in [1.165, 1.54) is 53.8 Å². The van der Waals surface area contributed by atoms with Crippen molar-refractivity contribution in [2.75, 3.05) is 0 Å². The number of aryl methyl sites for hydroxylation is 1. The summed E-state index contributed by atoms with van der Waals surface area (Å²) in [6.07, 6.45) is 0. The van der Waals surface area contributed by atoms with Gasteiger partial charge in [0.05, 0.1) is 0 Å². The van der Waals surface area contributed by atoms with E-state index in [2.05, 4.69) is 134 Å². The van der Waals surface area contributed by atoms with Crippen LogP contribution in [-0.2, 0) is 0 Å². The number of hydrogen-bond acceptors (Lipinski definition) is 0. The lowest BCUT2D eigenvalue weighted by Crippen LogP contribution is -2.73. The van der Waals surface area contributed by atoms with Crippen molar-refractivity contribution in [3.05, 3.63) is 133 Å². The Morgan fingerprint density at radius 3 is 1.59 bits per heavy atom. The van der Waals surface area contributed by atoms with E-state index in [4.69, 9.17) is 0 Å². The average Bonchev–Trinajstić information content (AvgIpc) is 3.21. The Balaban J connectivity index is 1.82. The summed E-state index contributed by atoms with van der Waals surface area (Å²) in [5.41, 5.74) is 4.16. The first-order valence-electron chi connectivity index (χ1n) is 12.0. The van der Waals surface area contributed by atoms with Gasteiger partial charge in [0.2, 0.25) is 0 Å². The van der Waals surface area contributed by atoms with E-state index in [1.807, 2.05) is 0 Å². The van der Waals surface area contributed by atoms with Gasteiger partial charge in [-0.3, -0.25) is 0 Å². The van der Waals surface area contributed by atoms with Crippen molar-refractivity contribution in [1.82, 2.24) is 0 Å². The molecule has 1 heteroatoms. The van der Waals surface area contributed by atoms with Crippen LogP contribution in [0, 0.1) is 6.92 Å². The molecular weight excluding hydrogens is 424 g/mol. The lowest BCUT2D eigenvalue weighted by Gasteiger charge is -2.32. The average molecular weight is 449 g/mol. The Bertz CT molecular complexity index is 1660. The minimum Gasteiger partial charge on any atom is -0.0623 e. The molecule has 0 unspecified atom stereocenters. The second-order valence-electron chi connectivity index (χ2n) is 9.37. The van der Waals surface area contributed by atoms with Crippen LogP contribution in [0.15, 0.2) is 127 Å². The zero-order valence-corrected chi connectivity index (χ0v) is 20.1. The van der Waals surface area contributed by atoms with Crippen LogP contribution in [0.25, 0.3) is 32.7 Å². The SMILES string of the molecule is Cc1ccc2c(c1)[Si](c1ccccc1)(c1ccccc1)c1c-2c2ccccc2c2ccccc12. The third-order valence-electron chi connectivity index (χ3n) is 7.57. The number of benzene rings is 6. The first-order valence-corrected chi connectivity index (χ1v) is 14.0. The van der Waals surface area contributed by atoms with Crippen LogP contribution < -0.4 is 20.7 Å². The molecule has 0 N–H and O–H groups in total. The first-order chi connectivity index (χ1) is 16.8. The van der Waals surface area contributed by atoms with Gasteiger partial charge >= 0.3 is 0 Å². The van der Waals surface area contributed by atoms with Crippen LogP contribution in [0.5, 0.6) is 0 Å². The van der Waals surface area contributed by atoms with Crippen molar-refractivity contribution >= 4 is 50.4 Å². The molecule has 0 spiro atoms. The molecule has 0 aromatic heterocycles. The molecule has 0 amide bonds. The van der Waals surface area contributed by atoms with E-state index in [1.54, 1.807) is 5.19 Å². The highest BCUT2D eigenvalue weighted by atomic mass is 28.3. The molecule has 1 heterocycles. The van der Waals surface area contributed by atoms with Crippen molar-refractivity contribution < 1.29 is 0 Å². The number of rotatable bonds is 2. The summed E-state index contributed by atoms with van der Waals surface area (Å²) in [5, 5.41) is 11.4. The van der Waals surface area contributed by atoms with Gasteiger partial charge in [-0.05, 0) is 60.3 Å². The minimum absolute atomic E-state index is 1.32. The summed E-state index contributed by atoms with van der Waals surface area (Å²) in [7, 11) is -2.54. The lowest BCUT2D eigenvalue weighted by molar-refractivity contribution is 1.49. The Kier molecular flexibility index (Phi) is 4.18. The molecule has 0 nitrogen and oxygen atoms in total. The van der Waals surface area contributed by atoms with Gasteiger partial charge in [-0.15, -0.1) is 0 Å². The number of hydrogen-bond donors (Lipinski definition) is 0. The smallest absolute Gasteiger partial charge is 0.0623 e. The van der Waals surface area contributed by atoms with E-state index in [0.29, 0.717) is 0 Å². The monoisotopic (exact) mass is 448 g/mol. The summed E-state index contributed by atoms with van der Waals surface area (Å²) < 4.78 is 0. The summed E-state index contributed by atoms with van der Waals surface area (Å²) in [6.45, 7) is 2.23. The molecule has 6 aromatic rings. The fourth-order valence-corrected chi connectivity index (χ4v) is 11.8. The van der Waals surface area contributed by atoms with Crippen molar-refractivity contribution in [2.24, 2.45) is 0 Å². The predicted molar refractivity (Wildman–Crippen MR) is 149 cm³/mol. The van der Waals surface area contributed by atoms with E-state index in [9.17, 15) is 0 Å². The topological polar surface area (TPSA) is 0 Å². The van der Waals surface area contributed by atoms with Crippen LogP contribution in [0.3, 0.4) is 0 Å². The predicted octanol–water partition coefficient (Wildman–Crippen LogP) is 5.66. The van der Waals surface area contributed by atoms with Crippen LogP contribution >= 0.6 is 0 Å². The molecule has 1 aliphatic heterocycles. The normalized spacial score (nSPS) is 13.7. The largest absolute Gasteiger partial charge is 0.181 e. The van der Waals surface area contributed by atoms with Gasteiger partial charge in [0.1, 0.15) is 0 Å². The molecule has 6 aromatic carbocycles. The summed E-state index contributed by atoms with van der Waals surface area (Å²) in [6, 6.07) is 47.8. The van der Waals surface area contributed by atoms with Crippen LogP contribution in [0.2, 0.25) is 0 Å². The van der Waals surface area contributed by atoms with Crippen molar-refractivity contribution in [2.45, 2.75) is 6.92 Å². The zero-order chi connectivity index (χ0) is 22.7. The van der Waals surface area contributed by atoms with Gasteiger partial charge in [-0.2, -0.15) is 0 Å². The Hall–Kier alpha value is -3.94. The molecule has 0 saturated carbocycles. The third kappa shape index (κ3) is 2.48. The van der Waals surface area contributed by atoms with Gasteiger partial charge in [0.25, 0.3) is 0 Å². The summed E-state index contributed by atoms with van der Waals surface area (Å²) in [5.74, 6) is 0. The molecule has 160 valence electrons. The van der Waals surface area contributed by atoms with Crippen molar-refractivity contribution in [3.63, 3.8) is 0 Å². The molecule has 7 rings (SSSR count).